The first kappa shape index (κ1) is 12.2. The van der Waals surface area contributed by atoms with Gasteiger partial charge in [0.2, 0.25) is 0 Å². The quantitative estimate of drug-likeness (QED) is 0.758. The van der Waals surface area contributed by atoms with E-state index in [4.69, 9.17) is 15.6 Å². The molecule has 0 bridgehead atoms. The van der Waals surface area contributed by atoms with E-state index in [-0.39, 0.29) is 5.92 Å². The Hall–Kier alpha value is -0.260. The summed E-state index contributed by atoms with van der Waals surface area (Å²) in [6, 6.07) is 0. The van der Waals surface area contributed by atoms with Crippen molar-refractivity contribution in [3.8, 4) is 0 Å². The van der Waals surface area contributed by atoms with Gasteiger partial charge in [-0.2, -0.15) is 11.8 Å². The third-order valence-electron chi connectivity index (χ3n) is 3.70. The maximum atomic E-state index is 11.1. The van der Waals surface area contributed by atoms with Crippen molar-refractivity contribution >= 4 is 17.7 Å². The minimum atomic E-state index is -0.962. The monoisotopic (exact) mass is 245 g/mol. The predicted molar refractivity (Wildman–Crippen MR) is 63.6 cm³/mol. The first-order chi connectivity index (χ1) is 7.63. The van der Waals surface area contributed by atoms with Crippen LogP contribution >= 0.6 is 11.8 Å². The molecule has 1 aliphatic heterocycles. The lowest BCUT2D eigenvalue weighted by Crippen LogP contribution is -2.51. The fraction of sp³-hybridized carbons (Fsp3) is 0.909. The molecule has 2 aliphatic rings. The molecular weight excluding hydrogens is 226 g/mol. The lowest BCUT2D eigenvalue weighted by atomic mass is 9.86. The average Bonchev–Trinajstić information content (AvgIpc) is 2.53. The molecule has 1 saturated heterocycles. The van der Waals surface area contributed by atoms with Crippen molar-refractivity contribution in [1.29, 1.82) is 0 Å². The summed E-state index contributed by atoms with van der Waals surface area (Å²) in [5.74, 6) is 0.329. The Balaban J connectivity index is 1.76. The van der Waals surface area contributed by atoms with Gasteiger partial charge in [0.05, 0.1) is 18.5 Å². The van der Waals surface area contributed by atoms with Crippen molar-refractivity contribution in [3.05, 3.63) is 0 Å². The SMILES string of the molecule is NC1(C(=O)O)CCCC1CCSC1COC1. The predicted octanol–water partition coefficient (Wildman–Crippen LogP) is 1.09. The largest absolute Gasteiger partial charge is 0.480 e. The molecule has 3 N–H and O–H groups in total. The lowest BCUT2D eigenvalue weighted by Gasteiger charge is -2.29. The minimum absolute atomic E-state index is 0.151. The zero-order valence-electron chi connectivity index (χ0n) is 9.35. The van der Waals surface area contributed by atoms with Crippen molar-refractivity contribution in [2.45, 2.75) is 36.5 Å². The highest BCUT2D eigenvalue weighted by molar-refractivity contribution is 8.00. The summed E-state index contributed by atoms with van der Waals surface area (Å²) in [7, 11) is 0. The van der Waals surface area contributed by atoms with E-state index in [1.807, 2.05) is 11.8 Å². The first-order valence-electron chi connectivity index (χ1n) is 5.84. The summed E-state index contributed by atoms with van der Waals surface area (Å²) >= 11 is 1.89. The van der Waals surface area contributed by atoms with Crippen LogP contribution in [-0.2, 0) is 9.53 Å². The molecule has 5 heteroatoms. The third-order valence-corrected chi connectivity index (χ3v) is 4.91. The topological polar surface area (TPSA) is 72.6 Å². The molecule has 2 atom stereocenters. The summed E-state index contributed by atoms with van der Waals surface area (Å²) < 4.78 is 5.10. The van der Waals surface area contributed by atoms with Gasteiger partial charge in [0.15, 0.2) is 0 Å². The molecule has 1 aliphatic carbocycles. The van der Waals surface area contributed by atoms with E-state index in [1.54, 1.807) is 0 Å². The van der Waals surface area contributed by atoms with Gasteiger partial charge in [0.25, 0.3) is 0 Å². The normalized spacial score (nSPS) is 34.9. The van der Waals surface area contributed by atoms with Crippen LogP contribution in [0.25, 0.3) is 0 Å². The second-order valence-electron chi connectivity index (χ2n) is 4.75. The molecule has 4 nitrogen and oxygen atoms in total. The molecule has 1 heterocycles. The molecule has 0 radical (unpaired) electrons. The van der Waals surface area contributed by atoms with E-state index in [0.29, 0.717) is 11.7 Å². The van der Waals surface area contributed by atoms with Crippen LogP contribution < -0.4 is 5.73 Å². The van der Waals surface area contributed by atoms with Crippen LogP contribution in [0.4, 0.5) is 0 Å². The second kappa shape index (κ2) is 4.94. The van der Waals surface area contributed by atoms with E-state index in [9.17, 15) is 4.79 Å². The van der Waals surface area contributed by atoms with Crippen LogP contribution in [0, 0.1) is 5.92 Å². The van der Waals surface area contributed by atoms with Gasteiger partial charge in [-0.05, 0) is 30.9 Å². The fourth-order valence-electron chi connectivity index (χ4n) is 2.47. The van der Waals surface area contributed by atoms with Crippen molar-refractivity contribution < 1.29 is 14.6 Å². The summed E-state index contributed by atoms with van der Waals surface area (Å²) in [4.78, 5) is 11.1. The van der Waals surface area contributed by atoms with Gasteiger partial charge in [-0.1, -0.05) is 6.42 Å². The Morgan fingerprint density at radius 2 is 2.31 bits per heavy atom. The van der Waals surface area contributed by atoms with Gasteiger partial charge in [0, 0.05) is 0 Å². The molecule has 0 aromatic rings. The Kier molecular flexibility index (Phi) is 3.77. The number of rotatable bonds is 5. The van der Waals surface area contributed by atoms with E-state index in [1.165, 1.54) is 0 Å². The van der Waals surface area contributed by atoms with Crippen molar-refractivity contribution in [1.82, 2.24) is 0 Å². The summed E-state index contributed by atoms with van der Waals surface area (Å²) in [5.41, 5.74) is 5.01. The molecular formula is C11H19NO3S. The first-order valence-corrected chi connectivity index (χ1v) is 6.89. The maximum absolute atomic E-state index is 11.1. The van der Waals surface area contributed by atoms with Crippen molar-refractivity contribution in [3.63, 3.8) is 0 Å². The molecule has 0 amide bonds. The summed E-state index contributed by atoms with van der Waals surface area (Å²) in [6.45, 7) is 1.70. The number of ether oxygens (including phenoxy) is 1. The lowest BCUT2D eigenvalue weighted by molar-refractivity contribution is -0.144. The van der Waals surface area contributed by atoms with Gasteiger partial charge in [-0.3, -0.25) is 4.79 Å². The number of carboxylic acid groups (broad SMARTS) is 1. The molecule has 0 spiro atoms. The molecule has 2 fully saturated rings. The van der Waals surface area contributed by atoms with E-state index in [2.05, 4.69) is 0 Å². The van der Waals surface area contributed by atoms with Crippen molar-refractivity contribution in [2.75, 3.05) is 19.0 Å². The number of nitrogens with two attached hydrogens (primary N) is 1. The van der Waals surface area contributed by atoms with Gasteiger partial charge in [0.1, 0.15) is 5.54 Å². The third kappa shape index (κ3) is 2.36. The summed E-state index contributed by atoms with van der Waals surface area (Å²) in [5, 5.41) is 9.78. The van der Waals surface area contributed by atoms with Crippen LogP contribution in [0.3, 0.4) is 0 Å². The Labute approximate surface area is 99.9 Å². The van der Waals surface area contributed by atoms with Gasteiger partial charge >= 0.3 is 5.97 Å². The molecule has 2 rings (SSSR count). The zero-order valence-corrected chi connectivity index (χ0v) is 10.2. The number of hydrogen-bond donors (Lipinski definition) is 2. The highest BCUT2D eigenvalue weighted by Gasteiger charge is 2.45. The Bertz CT molecular complexity index is 270. The average molecular weight is 245 g/mol. The molecule has 16 heavy (non-hydrogen) atoms. The van der Waals surface area contributed by atoms with Crippen LogP contribution in [0.15, 0.2) is 0 Å². The van der Waals surface area contributed by atoms with Crippen molar-refractivity contribution in [2.24, 2.45) is 11.7 Å². The van der Waals surface area contributed by atoms with Gasteiger partial charge in [-0.25, -0.2) is 0 Å². The van der Waals surface area contributed by atoms with Crippen LogP contribution in [0.1, 0.15) is 25.7 Å². The van der Waals surface area contributed by atoms with Gasteiger partial charge in [-0.15, -0.1) is 0 Å². The van der Waals surface area contributed by atoms with Gasteiger partial charge < -0.3 is 15.6 Å². The van der Waals surface area contributed by atoms with E-state index in [0.717, 1.165) is 38.2 Å². The van der Waals surface area contributed by atoms with Crippen LogP contribution in [0.2, 0.25) is 0 Å². The molecule has 2 unspecified atom stereocenters. The minimum Gasteiger partial charge on any atom is -0.480 e. The number of thioether (sulfide) groups is 1. The molecule has 0 aromatic heterocycles. The fourth-order valence-corrected chi connectivity index (χ4v) is 3.61. The van der Waals surface area contributed by atoms with Crippen LogP contribution in [-0.4, -0.2) is 40.8 Å². The maximum Gasteiger partial charge on any atom is 0.323 e. The number of carbonyl (C=O) groups is 1. The highest BCUT2D eigenvalue weighted by atomic mass is 32.2. The van der Waals surface area contributed by atoms with E-state index < -0.39 is 11.5 Å². The highest BCUT2D eigenvalue weighted by Crippen LogP contribution is 2.37. The zero-order chi connectivity index (χ0) is 11.6. The smallest absolute Gasteiger partial charge is 0.323 e. The number of aliphatic carboxylic acids is 1. The molecule has 92 valence electrons. The molecule has 0 aromatic carbocycles. The van der Waals surface area contributed by atoms with Crippen LogP contribution in [0.5, 0.6) is 0 Å². The Morgan fingerprint density at radius 1 is 1.56 bits per heavy atom. The Morgan fingerprint density at radius 3 is 2.88 bits per heavy atom. The molecule has 1 saturated carbocycles. The second-order valence-corrected chi connectivity index (χ2v) is 6.16. The number of hydrogen-bond acceptors (Lipinski definition) is 4. The van der Waals surface area contributed by atoms with E-state index >= 15 is 0 Å². The number of carboxylic acids is 1. The standard InChI is InChI=1S/C11H19NO3S/c12-11(10(13)14)4-1-2-8(11)3-5-16-9-6-15-7-9/h8-9H,1-7,12H2,(H,13,14). The summed E-state index contributed by atoms with van der Waals surface area (Å²) in [6.07, 6.45) is 3.46.